The van der Waals surface area contributed by atoms with Crippen molar-refractivity contribution >= 4 is 5.91 Å². The molecule has 0 unspecified atom stereocenters. The summed E-state index contributed by atoms with van der Waals surface area (Å²) in [6.45, 7) is 1.95. The molecule has 0 aliphatic heterocycles. The summed E-state index contributed by atoms with van der Waals surface area (Å²) in [5, 5.41) is 21.6. The predicted molar refractivity (Wildman–Crippen MR) is 94.4 cm³/mol. The largest absolute Gasteiger partial charge is 0.394 e. The average molecular weight is 327 g/mol. The van der Waals surface area contributed by atoms with E-state index in [1.807, 2.05) is 54.6 Å². The van der Waals surface area contributed by atoms with E-state index in [1.165, 1.54) is 0 Å². The Morgan fingerprint density at radius 1 is 1.00 bits per heavy atom. The summed E-state index contributed by atoms with van der Waals surface area (Å²) < 4.78 is 0. The Bertz CT molecular complexity index is 625. The first-order valence-electron chi connectivity index (χ1n) is 8.32. The smallest absolute Gasteiger partial charge is 0.221 e. The zero-order valence-electron chi connectivity index (χ0n) is 14.0. The molecule has 4 nitrogen and oxygen atoms in total. The topological polar surface area (TPSA) is 69.6 Å². The van der Waals surface area contributed by atoms with Crippen LogP contribution in [0, 0.1) is 0 Å². The van der Waals surface area contributed by atoms with Gasteiger partial charge in [0.2, 0.25) is 5.91 Å². The van der Waals surface area contributed by atoms with E-state index < -0.39 is 0 Å². The van der Waals surface area contributed by atoms with Crippen molar-refractivity contribution in [3.05, 3.63) is 71.3 Å². The van der Waals surface area contributed by atoms with Gasteiger partial charge in [-0.1, -0.05) is 61.5 Å². The molecule has 2 atom stereocenters. The summed E-state index contributed by atoms with van der Waals surface area (Å²) in [5.41, 5.74) is 2.85. The van der Waals surface area contributed by atoms with Gasteiger partial charge in [-0.2, -0.15) is 0 Å². The molecule has 0 spiro atoms. The van der Waals surface area contributed by atoms with Gasteiger partial charge in [-0.05, 0) is 29.0 Å². The van der Waals surface area contributed by atoms with Crippen LogP contribution in [-0.4, -0.2) is 22.7 Å². The standard InChI is InChI=1S/C20H25NO3/c1-2-16(17-10-8-15(13-22)9-11-17)12-20(24)21-19(14-23)18-6-4-3-5-7-18/h3-11,16,19,22-23H,2,12-14H2,1H3,(H,21,24)/t16-,19+/m0/s1. The lowest BCUT2D eigenvalue weighted by Gasteiger charge is -2.20. The van der Waals surface area contributed by atoms with Crippen LogP contribution in [0.25, 0.3) is 0 Å². The lowest BCUT2D eigenvalue weighted by molar-refractivity contribution is -0.122. The summed E-state index contributed by atoms with van der Waals surface area (Å²) in [5.74, 6) is 0.0452. The molecule has 2 rings (SSSR count). The number of hydrogen-bond donors (Lipinski definition) is 3. The number of aliphatic hydroxyl groups is 2. The van der Waals surface area contributed by atoms with E-state index in [-0.39, 0.29) is 31.1 Å². The lowest BCUT2D eigenvalue weighted by atomic mass is 9.92. The number of hydrogen-bond acceptors (Lipinski definition) is 3. The van der Waals surface area contributed by atoms with Crippen LogP contribution in [0.3, 0.4) is 0 Å². The van der Waals surface area contributed by atoms with E-state index in [1.54, 1.807) is 0 Å². The predicted octanol–water partition coefficient (Wildman–Crippen LogP) is 2.91. The molecular weight excluding hydrogens is 302 g/mol. The van der Waals surface area contributed by atoms with Crippen LogP contribution in [0.2, 0.25) is 0 Å². The third-order valence-electron chi connectivity index (χ3n) is 4.28. The van der Waals surface area contributed by atoms with Crippen molar-refractivity contribution in [1.29, 1.82) is 0 Å². The van der Waals surface area contributed by atoms with Gasteiger partial charge in [-0.25, -0.2) is 0 Å². The maximum Gasteiger partial charge on any atom is 0.221 e. The molecule has 4 heteroatoms. The van der Waals surface area contributed by atoms with E-state index in [0.717, 1.165) is 23.1 Å². The highest BCUT2D eigenvalue weighted by Crippen LogP contribution is 2.24. The van der Waals surface area contributed by atoms with Crippen molar-refractivity contribution in [1.82, 2.24) is 5.32 Å². The second-order valence-electron chi connectivity index (χ2n) is 5.92. The number of nitrogens with one attached hydrogen (secondary N) is 1. The van der Waals surface area contributed by atoms with E-state index >= 15 is 0 Å². The molecule has 128 valence electrons. The highest BCUT2D eigenvalue weighted by Gasteiger charge is 2.18. The average Bonchev–Trinajstić information content (AvgIpc) is 2.65. The minimum atomic E-state index is -0.382. The van der Waals surface area contributed by atoms with Crippen LogP contribution in [0.5, 0.6) is 0 Å². The number of amides is 1. The van der Waals surface area contributed by atoms with Crippen molar-refractivity contribution in [2.24, 2.45) is 0 Å². The Morgan fingerprint density at radius 2 is 1.67 bits per heavy atom. The number of carbonyl (C=O) groups excluding carboxylic acids is 1. The van der Waals surface area contributed by atoms with Crippen LogP contribution >= 0.6 is 0 Å². The van der Waals surface area contributed by atoms with Gasteiger partial charge in [-0.3, -0.25) is 4.79 Å². The van der Waals surface area contributed by atoms with Crippen molar-refractivity contribution in [2.45, 2.75) is 38.3 Å². The van der Waals surface area contributed by atoms with Gasteiger partial charge in [0, 0.05) is 6.42 Å². The quantitative estimate of drug-likeness (QED) is 0.698. The number of carbonyl (C=O) groups is 1. The van der Waals surface area contributed by atoms with Gasteiger partial charge in [0.15, 0.2) is 0 Å². The molecule has 2 aromatic rings. The van der Waals surface area contributed by atoms with Gasteiger partial charge >= 0.3 is 0 Å². The fourth-order valence-corrected chi connectivity index (χ4v) is 2.79. The molecule has 0 aliphatic rings. The molecule has 0 aliphatic carbocycles. The van der Waals surface area contributed by atoms with Gasteiger partial charge in [0.1, 0.15) is 0 Å². The molecule has 0 bridgehead atoms. The van der Waals surface area contributed by atoms with E-state index in [4.69, 9.17) is 5.11 Å². The summed E-state index contributed by atoms with van der Waals surface area (Å²) in [6, 6.07) is 16.8. The molecule has 24 heavy (non-hydrogen) atoms. The molecule has 0 heterocycles. The summed E-state index contributed by atoms with van der Waals surface area (Å²) in [7, 11) is 0. The minimum Gasteiger partial charge on any atom is -0.394 e. The Hall–Kier alpha value is -2.17. The van der Waals surface area contributed by atoms with E-state index in [9.17, 15) is 9.90 Å². The Kier molecular flexibility index (Phi) is 6.97. The van der Waals surface area contributed by atoms with E-state index in [2.05, 4.69) is 12.2 Å². The first-order chi connectivity index (χ1) is 11.7. The molecule has 3 N–H and O–H groups in total. The first kappa shape index (κ1) is 18.2. The maximum atomic E-state index is 12.4. The molecule has 0 aromatic heterocycles. The maximum absolute atomic E-state index is 12.4. The van der Waals surface area contributed by atoms with Crippen molar-refractivity contribution in [3.8, 4) is 0 Å². The van der Waals surface area contributed by atoms with Gasteiger partial charge in [-0.15, -0.1) is 0 Å². The number of aliphatic hydroxyl groups excluding tert-OH is 2. The minimum absolute atomic E-state index is 0.0206. The van der Waals surface area contributed by atoms with Gasteiger partial charge < -0.3 is 15.5 Å². The molecule has 2 aromatic carbocycles. The number of rotatable bonds is 8. The number of benzene rings is 2. The van der Waals surface area contributed by atoms with Gasteiger partial charge in [0.25, 0.3) is 0 Å². The second kappa shape index (κ2) is 9.21. The molecule has 0 radical (unpaired) electrons. The normalized spacial score (nSPS) is 13.3. The third kappa shape index (κ3) is 4.91. The molecular formula is C20H25NO3. The third-order valence-corrected chi connectivity index (χ3v) is 4.28. The summed E-state index contributed by atoms with van der Waals surface area (Å²) in [6.07, 6.45) is 1.22. The summed E-state index contributed by atoms with van der Waals surface area (Å²) >= 11 is 0. The molecule has 0 saturated heterocycles. The second-order valence-corrected chi connectivity index (χ2v) is 5.92. The molecule has 0 saturated carbocycles. The fourth-order valence-electron chi connectivity index (χ4n) is 2.79. The Labute approximate surface area is 143 Å². The Morgan fingerprint density at radius 3 is 2.21 bits per heavy atom. The van der Waals surface area contributed by atoms with Crippen molar-refractivity contribution in [3.63, 3.8) is 0 Å². The van der Waals surface area contributed by atoms with Crippen LogP contribution in [0.1, 0.15) is 48.4 Å². The lowest BCUT2D eigenvalue weighted by Crippen LogP contribution is -2.31. The zero-order valence-corrected chi connectivity index (χ0v) is 14.0. The first-order valence-corrected chi connectivity index (χ1v) is 8.32. The molecule has 0 fully saturated rings. The van der Waals surface area contributed by atoms with Crippen LogP contribution < -0.4 is 5.32 Å². The van der Waals surface area contributed by atoms with Crippen LogP contribution in [0.4, 0.5) is 0 Å². The summed E-state index contributed by atoms with van der Waals surface area (Å²) in [4.78, 5) is 12.4. The highest BCUT2D eigenvalue weighted by atomic mass is 16.3. The Balaban J connectivity index is 2.00. The van der Waals surface area contributed by atoms with Crippen LogP contribution in [-0.2, 0) is 11.4 Å². The van der Waals surface area contributed by atoms with Crippen molar-refractivity contribution in [2.75, 3.05) is 6.61 Å². The van der Waals surface area contributed by atoms with E-state index in [0.29, 0.717) is 6.42 Å². The monoisotopic (exact) mass is 327 g/mol. The zero-order chi connectivity index (χ0) is 17.4. The SMILES string of the molecule is CC[C@@H](CC(=O)N[C@H](CO)c1ccccc1)c1ccc(CO)cc1. The van der Waals surface area contributed by atoms with Crippen molar-refractivity contribution < 1.29 is 15.0 Å². The highest BCUT2D eigenvalue weighted by molar-refractivity contribution is 5.77. The molecule has 1 amide bonds. The van der Waals surface area contributed by atoms with Gasteiger partial charge in [0.05, 0.1) is 19.3 Å². The van der Waals surface area contributed by atoms with Crippen LogP contribution in [0.15, 0.2) is 54.6 Å². The fraction of sp³-hybridized carbons (Fsp3) is 0.350.